The molecule has 0 fully saturated rings. The smallest absolute Gasteiger partial charge is 0.420 e. The lowest BCUT2D eigenvalue weighted by Crippen LogP contribution is -2.43. The van der Waals surface area contributed by atoms with E-state index in [1.165, 1.54) is 13.2 Å². The van der Waals surface area contributed by atoms with Crippen LogP contribution in [0.1, 0.15) is 58.2 Å². The lowest BCUT2D eigenvalue weighted by Gasteiger charge is -2.29. The molecule has 0 radical (unpaired) electrons. The molecule has 10 heteroatoms. The third-order valence-electron chi connectivity index (χ3n) is 4.57. The summed E-state index contributed by atoms with van der Waals surface area (Å²) in [4.78, 5) is 38.6. The number of imide groups is 1. The Morgan fingerprint density at radius 3 is 1.97 bits per heavy atom. The molecule has 2 aromatic rings. The average molecular weight is 514 g/mol. The van der Waals surface area contributed by atoms with E-state index in [9.17, 15) is 14.4 Å². The lowest BCUT2D eigenvalue weighted by atomic mass is 10.1. The van der Waals surface area contributed by atoms with Gasteiger partial charge in [0.1, 0.15) is 29.4 Å². The Hall–Kier alpha value is -4.08. The van der Waals surface area contributed by atoms with E-state index in [1.54, 1.807) is 53.7 Å². The van der Waals surface area contributed by atoms with Gasteiger partial charge >= 0.3 is 18.3 Å². The number of amides is 3. The van der Waals surface area contributed by atoms with Crippen LogP contribution in [-0.2, 0) is 27.4 Å². The van der Waals surface area contributed by atoms with Crippen molar-refractivity contribution in [2.45, 2.75) is 65.9 Å². The Morgan fingerprint density at radius 2 is 1.46 bits per heavy atom. The number of methoxy groups -OCH3 is 1. The normalized spacial score (nSPS) is 11.2. The standard InChI is InChI=1S/C27H35N3O7/c1-26(2,3)36-24(32)30(25(33)37-27(4,5)6)16-20-14-13-19(15-21(20)34-7)22(28)29-23(31)35-17-18-11-9-8-10-12-18/h8-15H,16-17H2,1-7H3,(H2,28,29,31). The molecule has 2 aromatic carbocycles. The van der Waals surface area contributed by atoms with E-state index in [0.717, 1.165) is 10.5 Å². The van der Waals surface area contributed by atoms with Gasteiger partial charge in [-0.2, -0.15) is 0 Å². The zero-order valence-electron chi connectivity index (χ0n) is 22.3. The Labute approximate surface area is 217 Å². The zero-order valence-corrected chi connectivity index (χ0v) is 22.3. The number of hydrogen-bond acceptors (Lipinski definition) is 8. The zero-order chi connectivity index (χ0) is 27.8. The van der Waals surface area contributed by atoms with Crippen molar-refractivity contribution in [2.24, 2.45) is 0 Å². The van der Waals surface area contributed by atoms with Crippen LogP contribution in [0, 0.1) is 5.41 Å². The molecule has 0 saturated heterocycles. The Bertz CT molecular complexity index is 1090. The molecular formula is C27H35N3O7. The first kappa shape index (κ1) is 29.2. The van der Waals surface area contributed by atoms with Crippen LogP contribution in [0.4, 0.5) is 14.4 Å². The highest BCUT2D eigenvalue weighted by Crippen LogP contribution is 2.24. The van der Waals surface area contributed by atoms with Gasteiger partial charge in [0.25, 0.3) is 0 Å². The Balaban J connectivity index is 2.17. The van der Waals surface area contributed by atoms with E-state index in [2.05, 4.69) is 5.32 Å². The van der Waals surface area contributed by atoms with Gasteiger partial charge in [-0.15, -0.1) is 0 Å². The first-order valence-corrected chi connectivity index (χ1v) is 11.7. The molecule has 0 bridgehead atoms. The van der Waals surface area contributed by atoms with Crippen molar-refractivity contribution in [1.29, 1.82) is 5.41 Å². The summed E-state index contributed by atoms with van der Waals surface area (Å²) in [5.74, 6) is 0.0814. The highest BCUT2D eigenvalue weighted by Gasteiger charge is 2.32. The summed E-state index contributed by atoms with van der Waals surface area (Å²) < 4.78 is 21.4. The maximum atomic E-state index is 12.8. The molecule has 3 amide bonds. The van der Waals surface area contributed by atoms with Crippen molar-refractivity contribution in [1.82, 2.24) is 10.2 Å². The largest absolute Gasteiger partial charge is 0.496 e. The lowest BCUT2D eigenvalue weighted by molar-refractivity contribution is -0.000347. The summed E-state index contributed by atoms with van der Waals surface area (Å²) in [5, 5.41) is 10.6. The second-order valence-electron chi connectivity index (χ2n) is 10.1. The minimum Gasteiger partial charge on any atom is -0.496 e. The second kappa shape index (κ2) is 12.2. The topological polar surface area (TPSA) is 127 Å². The van der Waals surface area contributed by atoms with Crippen molar-refractivity contribution < 1.29 is 33.3 Å². The van der Waals surface area contributed by atoms with E-state index < -0.39 is 29.5 Å². The van der Waals surface area contributed by atoms with Crippen LogP contribution in [0.2, 0.25) is 0 Å². The van der Waals surface area contributed by atoms with Gasteiger partial charge in [-0.3, -0.25) is 10.7 Å². The third kappa shape index (κ3) is 9.83. The van der Waals surface area contributed by atoms with Gasteiger partial charge in [-0.1, -0.05) is 42.5 Å². The van der Waals surface area contributed by atoms with E-state index in [1.807, 2.05) is 30.3 Å². The van der Waals surface area contributed by atoms with E-state index in [-0.39, 0.29) is 19.0 Å². The van der Waals surface area contributed by atoms with Crippen LogP contribution in [-0.4, -0.2) is 47.3 Å². The van der Waals surface area contributed by atoms with Crippen molar-refractivity contribution in [3.8, 4) is 5.75 Å². The average Bonchev–Trinajstić information content (AvgIpc) is 2.79. The van der Waals surface area contributed by atoms with Gasteiger partial charge in [0, 0.05) is 11.1 Å². The van der Waals surface area contributed by atoms with Crippen molar-refractivity contribution in [3.63, 3.8) is 0 Å². The number of rotatable bonds is 6. The second-order valence-corrected chi connectivity index (χ2v) is 10.1. The van der Waals surface area contributed by atoms with Crippen molar-refractivity contribution in [3.05, 3.63) is 65.2 Å². The molecule has 2 N–H and O–H groups in total. The fourth-order valence-corrected chi connectivity index (χ4v) is 2.97. The Kier molecular flexibility index (Phi) is 9.65. The molecule has 0 aliphatic carbocycles. The highest BCUT2D eigenvalue weighted by atomic mass is 16.6. The van der Waals surface area contributed by atoms with Gasteiger partial charge in [-0.05, 0) is 53.2 Å². The fourth-order valence-electron chi connectivity index (χ4n) is 2.97. The first-order valence-electron chi connectivity index (χ1n) is 11.7. The third-order valence-corrected chi connectivity index (χ3v) is 4.57. The predicted molar refractivity (Wildman–Crippen MR) is 138 cm³/mol. The minimum atomic E-state index is -0.872. The molecule has 0 aliphatic heterocycles. The number of alkyl carbamates (subject to hydrolysis) is 1. The van der Waals surface area contributed by atoms with Crippen LogP contribution in [0.15, 0.2) is 48.5 Å². The van der Waals surface area contributed by atoms with Gasteiger partial charge in [0.2, 0.25) is 0 Å². The van der Waals surface area contributed by atoms with Gasteiger partial charge < -0.3 is 18.9 Å². The van der Waals surface area contributed by atoms with Crippen LogP contribution in [0.5, 0.6) is 5.75 Å². The number of nitrogens with one attached hydrogen (secondary N) is 2. The quantitative estimate of drug-likeness (QED) is 0.291. The van der Waals surface area contributed by atoms with Crippen molar-refractivity contribution in [2.75, 3.05) is 7.11 Å². The van der Waals surface area contributed by atoms with Crippen LogP contribution < -0.4 is 10.1 Å². The molecule has 0 aliphatic rings. The van der Waals surface area contributed by atoms with E-state index >= 15 is 0 Å². The fraction of sp³-hybridized carbons (Fsp3) is 0.407. The Morgan fingerprint density at radius 1 is 0.892 bits per heavy atom. The molecular weight excluding hydrogens is 478 g/mol. The molecule has 0 spiro atoms. The molecule has 0 unspecified atom stereocenters. The number of nitrogens with zero attached hydrogens (tertiary/aromatic N) is 1. The molecule has 0 atom stereocenters. The molecule has 0 heterocycles. The van der Waals surface area contributed by atoms with Gasteiger partial charge in [0.15, 0.2) is 0 Å². The summed E-state index contributed by atoms with van der Waals surface area (Å²) in [6, 6.07) is 13.8. The summed E-state index contributed by atoms with van der Waals surface area (Å²) in [6.07, 6.45) is -2.52. The molecule has 37 heavy (non-hydrogen) atoms. The summed E-state index contributed by atoms with van der Waals surface area (Å²) in [6.45, 7) is 10.0. The van der Waals surface area contributed by atoms with Crippen LogP contribution in [0.3, 0.4) is 0 Å². The number of benzene rings is 2. The summed E-state index contributed by atoms with van der Waals surface area (Å²) >= 11 is 0. The number of hydrogen-bond donors (Lipinski definition) is 2. The molecule has 200 valence electrons. The molecule has 0 aromatic heterocycles. The van der Waals surface area contributed by atoms with E-state index in [0.29, 0.717) is 16.9 Å². The summed E-state index contributed by atoms with van der Waals surface area (Å²) in [5.41, 5.74) is -0.0574. The number of carbonyl (C=O) groups is 3. The number of amidine groups is 1. The molecule has 0 saturated carbocycles. The van der Waals surface area contributed by atoms with Gasteiger partial charge in [0.05, 0.1) is 13.7 Å². The molecule has 10 nitrogen and oxygen atoms in total. The minimum absolute atomic E-state index is 0.0629. The monoisotopic (exact) mass is 513 g/mol. The van der Waals surface area contributed by atoms with Crippen molar-refractivity contribution >= 4 is 24.1 Å². The molecule has 2 rings (SSSR count). The number of ether oxygens (including phenoxy) is 4. The maximum Gasteiger partial charge on any atom is 0.420 e. The van der Waals surface area contributed by atoms with Crippen LogP contribution in [0.25, 0.3) is 0 Å². The van der Waals surface area contributed by atoms with Crippen LogP contribution >= 0.6 is 0 Å². The predicted octanol–water partition coefficient (Wildman–Crippen LogP) is 5.62. The van der Waals surface area contributed by atoms with Gasteiger partial charge in [-0.25, -0.2) is 19.3 Å². The summed E-state index contributed by atoms with van der Waals surface area (Å²) in [7, 11) is 1.42. The first-order chi connectivity index (χ1) is 17.2. The SMILES string of the molecule is COc1cc(C(=N)NC(=O)OCc2ccccc2)ccc1CN(C(=O)OC(C)(C)C)C(=O)OC(C)(C)C. The maximum absolute atomic E-state index is 12.8. The highest BCUT2D eigenvalue weighted by molar-refractivity contribution is 6.04. The van der Waals surface area contributed by atoms with E-state index in [4.69, 9.17) is 24.4 Å². The number of carbonyl (C=O) groups excluding carboxylic acids is 3.